The van der Waals surface area contributed by atoms with E-state index < -0.39 is 0 Å². The van der Waals surface area contributed by atoms with Crippen LogP contribution in [0.2, 0.25) is 0 Å². The van der Waals surface area contributed by atoms with Gasteiger partial charge in [0.2, 0.25) is 0 Å². The summed E-state index contributed by atoms with van der Waals surface area (Å²) < 4.78 is 1.97. The molecule has 0 saturated heterocycles. The fourth-order valence-corrected chi connectivity index (χ4v) is 4.32. The molecule has 6 rings (SSSR count). The van der Waals surface area contributed by atoms with E-state index in [1.807, 2.05) is 53.1 Å². The average Bonchev–Trinajstić information content (AvgIpc) is 3.40. The fourth-order valence-electron chi connectivity index (χ4n) is 4.32. The molecule has 7 nitrogen and oxygen atoms in total. The second-order valence-corrected chi connectivity index (χ2v) is 7.70. The van der Waals surface area contributed by atoms with Crippen molar-refractivity contribution in [1.82, 2.24) is 19.4 Å². The molecule has 7 heteroatoms. The molecule has 1 aliphatic rings. The van der Waals surface area contributed by atoms with Gasteiger partial charge in [0.05, 0.1) is 17.4 Å². The van der Waals surface area contributed by atoms with E-state index in [2.05, 4.69) is 27.6 Å². The van der Waals surface area contributed by atoms with Gasteiger partial charge >= 0.3 is 0 Å². The van der Waals surface area contributed by atoms with Crippen LogP contribution in [-0.2, 0) is 6.42 Å². The standard InChI is InChI=1S/C24H18N6O/c31-29-20-9-6-16-13-17(7-8-18(16)20)26-24-23(28-22-14-25-11-12-30(22)24)21-10-5-15-3-1-2-4-19(15)27-21/h1-5,7-8,10-14,20,26H,6,9H2. The molecule has 0 radical (unpaired) electrons. The van der Waals surface area contributed by atoms with E-state index >= 15 is 0 Å². The Labute approximate surface area is 177 Å². The van der Waals surface area contributed by atoms with Crippen LogP contribution in [0.25, 0.3) is 27.9 Å². The molecule has 1 atom stereocenters. The van der Waals surface area contributed by atoms with E-state index in [0.29, 0.717) is 0 Å². The second kappa shape index (κ2) is 6.98. The van der Waals surface area contributed by atoms with Crippen LogP contribution in [0.4, 0.5) is 11.5 Å². The van der Waals surface area contributed by atoms with Crippen LogP contribution in [0.5, 0.6) is 0 Å². The van der Waals surface area contributed by atoms with Crippen LogP contribution in [0.3, 0.4) is 0 Å². The predicted molar refractivity (Wildman–Crippen MR) is 120 cm³/mol. The van der Waals surface area contributed by atoms with Crippen molar-refractivity contribution >= 4 is 28.1 Å². The maximum absolute atomic E-state index is 11.1. The summed E-state index contributed by atoms with van der Waals surface area (Å²) in [6.07, 6.45) is 6.99. The first-order chi connectivity index (χ1) is 15.3. The van der Waals surface area contributed by atoms with Crippen LogP contribution in [0.15, 0.2) is 78.4 Å². The molecule has 5 aromatic rings. The lowest BCUT2D eigenvalue weighted by Crippen LogP contribution is -1.99. The van der Waals surface area contributed by atoms with Gasteiger partial charge in [0.1, 0.15) is 17.6 Å². The highest BCUT2D eigenvalue weighted by Crippen LogP contribution is 2.37. The predicted octanol–water partition coefficient (Wildman–Crippen LogP) is 5.44. The molecule has 31 heavy (non-hydrogen) atoms. The molecule has 0 amide bonds. The second-order valence-electron chi connectivity index (χ2n) is 7.70. The summed E-state index contributed by atoms with van der Waals surface area (Å²) in [7, 11) is 0. The number of hydrogen-bond donors (Lipinski definition) is 1. The maximum atomic E-state index is 11.1. The number of aromatic nitrogens is 4. The number of para-hydroxylation sites is 1. The lowest BCUT2D eigenvalue weighted by molar-refractivity contribution is 0.710. The normalized spacial score (nSPS) is 15.3. The minimum atomic E-state index is -0.233. The summed E-state index contributed by atoms with van der Waals surface area (Å²) in [5, 5.41) is 7.87. The quantitative estimate of drug-likeness (QED) is 0.402. The first kappa shape index (κ1) is 17.7. The van der Waals surface area contributed by atoms with Gasteiger partial charge in [-0.3, -0.25) is 9.38 Å². The molecule has 0 fully saturated rings. The van der Waals surface area contributed by atoms with E-state index in [4.69, 9.17) is 9.97 Å². The zero-order valence-corrected chi connectivity index (χ0v) is 16.6. The molecule has 0 saturated carbocycles. The van der Waals surface area contributed by atoms with Gasteiger partial charge < -0.3 is 5.32 Å². The Balaban J connectivity index is 1.47. The molecule has 1 unspecified atom stereocenters. The molecule has 1 N–H and O–H groups in total. The monoisotopic (exact) mass is 406 g/mol. The molecule has 3 aromatic heterocycles. The van der Waals surface area contributed by atoms with Gasteiger partial charge in [-0.2, -0.15) is 4.91 Å². The fraction of sp³-hybridized carbons (Fsp3) is 0.125. The Kier molecular flexibility index (Phi) is 3.99. The van der Waals surface area contributed by atoms with E-state index in [1.54, 1.807) is 12.4 Å². The molecule has 0 bridgehead atoms. The number of aryl methyl sites for hydroxylation is 1. The largest absolute Gasteiger partial charge is 0.339 e. The van der Waals surface area contributed by atoms with Gasteiger partial charge in [-0.05, 0) is 48.2 Å². The molecular weight excluding hydrogens is 388 g/mol. The number of hydrogen-bond acceptors (Lipinski definition) is 6. The van der Waals surface area contributed by atoms with Crippen molar-refractivity contribution in [3.8, 4) is 11.4 Å². The lowest BCUT2D eigenvalue weighted by Gasteiger charge is -2.11. The molecule has 0 spiro atoms. The number of pyridine rings is 1. The van der Waals surface area contributed by atoms with Gasteiger partial charge in [0.25, 0.3) is 0 Å². The number of benzene rings is 2. The summed E-state index contributed by atoms with van der Waals surface area (Å²) in [6.45, 7) is 0. The minimum Gasteiger partial charge on any atom is -0.339 e. The number of nitrogens with zero attached hydrogens (tertiary/aromatic N) is 5. The van der Waals surface area contributed by atoms with Crippen molar-refractivity contribution in [3.63, 3.8) is 0 Å². The van der Waals surface area contributed by atoms with Crippen molar-refractivity contribution in [1.29, 1.82) is 0 Å². The molecule has 150 valence electrons. The van der Waals surface area contributed by atoms with Crippen molar-refractivity contribution in [2.45, 2.75) is 18.9 Å². The molecule has 1 aliphatic carbocycles. The van der Waals surface area contributed by atoms with Crippen molar-refractivity contribution in [2.75, 3.05) is 5.32 Å². The van der Waals surface area contributed by atoms with Crippen LogP contribution < -0.4 is 5.32 Å². The number of imidazole rings is 1. The average molecular weight is 406 g/mol. The maximum Gasteiger partial charge on any atom is 0.157 e. The van der Waals surface area contributed by atoms with Crippen LogP contribution in [0.1, 0.15) is 23.6 Å². The van der Waals surface area contributed by atoms with Gasteiger partial charge in [0, 0.05) is 23.5 Å². The summed E-state index contributed by atoms with van der Waals surface area (Å²) in [6, 6.07) is 17.9. The number of rotatable bonds is 4. The van der Waals surface area contributed by atoms with Crippen LogP contribution in [0, 0.1) is 4.91 Å². The topological polar surface area (TPSA) is 84.5 Å². The molecule has 0 aliphatic heterocycles. The van der Waals surface area contributed by atoms with Gasteiger partial charge in [-0.1, -0.05) is 35.5 Å². The van der Waals surface area contributed by atoms with Crippen molar-refractivity contribution < 1.29 is 0 Å². The zero-order valence-electron chi connectivity index (χ0n) is 16.6. The molecule has 3 heterocycles. The number of anilines is 2. The third kappa shape index (κ3) is 2.93. The highest BCUT2D eigenvalue weighted by Gasteiger charge is 2.24. The molecular formula is C24H18N6O. The minimum absolute atomic E-state index is 0.233. The number of nitrogens with one attached hydrogen (secondary N) is 1. The Morgan fingerprint density at radius 2 is 2.00 bits per heavy atom. The Morgan fingerprint density at radius 3 is 2.94 bits per heavy atom. The zero-order chi connectivity index (χ0) is 20.8. The van der Waals surface area contributed by atoms with E-state index in [1.165, 1.54) is 0 Å². The van der Waals surface area contributed by atoms with Gasteiger partial charge in [-0.25, -0.2) is 9.97 Å². The van der Waals surface area contributed by atoms with E-state index in [9.17, 15) is 4.91 Å². The lowest BCUT2D eigenvalue weighted by atomic mass is 10.1. The van der Waals surface area contributed by atoms with Crippen molar-refractivity contribution in [3.05, 3.63) is 89.2 Å². The van der Waals surface area contributed by atoms with Crippen LogP contribution >= 0.6 is 0 Å². The number of nitroso groups, excluding NO2 is 1. The third-order valence-corrected chi connectivity index (χ3v) is 5.85. The van der Waals surface area contributed by atoms with E-state index in [0.717, 1.165) is 63.4 Å². The van der Waals surface area contributed by atoms with Crippen LogP contribution in [-0.4, -0.2) is 19.4 Å². The van der Waals surface area contributed by atoms with Gasteiger partial charge in [-0.15, -0.1) is 0 Å². The third-order valence-electron chi connectivity index (χ3n) is 5.85. The SMILES string of the molecule is O=NC1CCc2cc(Nc3c(-c4ccc5ccccc5n4)nc4cnccn34)ccc21. The first-order valence-electron chi connectivity index (χ1n) is 10.2. The Bertz CT molecular complexity index is 1460. The van der Waals surface area contributed by atoms with Crippen molar-refractivity contribution in [2.24, 2.45) is 5.18 Å². The smallest absolute Gasteiger partial charge is 0.157 e. The molecule has 2 aromatic carbocycles. The Hall–Kier alpha value is -4.13. The summed E-state index contributed by atoms with van der Waals surface area (Å²) >= 11 is 0. The highest BCUT2D eigenvalue weighted by molar-refractivity contribution is 5.84. The van der Waals surface area contributed by atoms with Gasteiger partial charge in [0.15, 0.2) is 5.65 Å². The number of fused-ring (bicyclic) bond motifs is 3. The Morgan fingerprint density at radius 1 is 1.06 bits per heavy atom. The highest BCUT2D eigenvalue weighted by atomic mass is 16.3. The van der Waals surface area contributed by atoms with E-state index in [-0.39, 0.29) is 6.04 Å². The summed E-state index contributed by atoms with van der Waals surface area (Å²) in [5.41, 5.74) is 6.33. The summed E-state index contributed by atoms with van der Waals surface area (Å²) in [5.74, 6) is 0.822. The summed E-state index contributed by atoms with van der Waals surface area (Å²) in [4.78, 5) is 24.9. The first-order valence-corrected chi connectivity index (χ1v) is 10.2.